The normalized spacial score (nSPS) is 9.92. The predicted molar refractivity (Wildman–Crippen MR) is 50.8 cm³/mol. The van der Waals surface area contributed by atoms with Crippen molar-refractivity contribution in [1.29, 1.82) is 0 Å². The molecule has 0 aromatic carbocycles. The van der Waals surface area contributed by atoms with Crippen molar-refractivity contribution in [3.05, 3.63) is 10.4 Å². The molecule has 0 aromatic heterocycles. The van der Waals surface area contributed by atoms with Gasteiger partial charge in [0, 0.05) is 4.91 Å². The molecule has 4 heteroatoms. The van der Waals surface area contributed by atoms with Crippen LogP contribution in [-0.4, -0.2) is 24.7 Å². The van der Waals surface area contributed by atoms with Gasteiger partial charge in [-0.2, -0.15) is 0 Å². The summed E-state index contributed by atoms with van der Waals surface area (Å²) in [5.74, 6) is 0. The Morgan fingerprint density at radius 1 is 1.25 bits per heavy atom. The highest BCUT2D eigenvalue weighted by Gasteiger charge is 1.99. The van der Waals surface area contributed by atoms with Crippen LogP contribution in [0.2, 0.25) is 0 Å². The third-order valence-corrected chi connectivity index (χ3v) is 1.69. The van der Waals surface area contributed by atoms with Gasteiger partial charge < -0.3 is 0 Å². The Bertz CT molecular complexity index is 140. The van der Waals surface area contributed by atoms with E-state index < -0.39 is 0 Å². The van der Waals surface area contributed by atoms with Crippen LogP contribution in [-0.2, 0) is 0 Å². The lowest BCUT2D eigenvalue weighted by atomic mass is 10.3. The molecule has 0 radical (unpaired) electrons. The molecule has 0 saturated carbocycles. The first-order chi connectivity index (χ1) is 5.85. The van der Waals surface area contributed by atoms with Gasteiger partial charge in [0.2, 0.25) is 0 Å². The summed E-state index contributed by atoms with van der Waals surface area (Å²) in [4.78, 5) is 4.93. The van der Waals surface area contributed by atoms with Gasteiger partial charge in [-0.05, 0) is 31.5 Å². The number of hydrogen-bond acceptors (Lipinski definition) is 2. The van der Waals surface area contributed by atoms with Crippen LogP contribution >= 0.6 is 0 Å². The van der Waals surface area contributed by atoms with E-state index in [9.17, 15) is 0 Å². The lowest BCUT2D eigenvalue weighted by Gasteiger charge is -2.18. The third-order valence-electron chi connectivity index (χ3n) is 1.69. The van der Waals surface area contributed by atoms with E-state index in [0.717, 1.165) is 19.5 Å². The summed E-state index contributed by atoms with van der Waals surface area (Å²) in [6.45, 7) is 6.89. The summed E-state index contributed by atoms with van der Waals surface area (Å²) in [7, 11) is 0. The zero-order valence-electron chi connectivity index (χ0n) is 8.03. The first kappa shape index (κ1) is 11.3. The second-order valence-corrected chi connectivity index (χ2v) is 2.84. The van der Waals surface area contributed by atoms with Gasteiger partial charge in [0.25, 0.3) is 0 Å². The Kier molecular flexibility index (Phi) is 7.86. The van der Waals surface area contributed by atoms with Crippen LogP contribution < -0.4 is 0 Å². The van der Waals surface area contributed by atoms with E-state index in [2.05, 4.69) is 28.8 Å². The zero-order chi connectivity index (χ0) is 9.23. The summed E-state index contributed by atoms with van der Waals surface area (Å²) in [5.41, 5.74) is 8.14. The highest BCUT2D eigenvalue weighted by atomic mass is 15.3. The highest BCUT2D eigenvalue weighted by molar-refractivity contribution is 4.55. The molecule has 0 amide bonds. The standard InChI is InChI=1S/C8H18N4/c1-3-5-7-12(6-4-2)8-10-11-9/h3-8H2,1-2H3. The first-order valence-electron chi connectivity index (χ1n) is 4.58. The Morgan fingerprint density at radius 3 is 2.50 bits per heavy atom. The molecule has 0 heterocycles. The molecule has 70 valence electrons. The molecule has 0 fully saturated rings. The zero-order valence-corrected chi connectivity index (χ0v) is 8.03. The fraction of sp³-hybridized carbons (Fsp3) is 1.00. The molecule has 0 atom stereocenters. The molecule has 0 aliphatic carbocycles. The summed E-state index contributed by atoms with van der Waals surface area (Å²) < 4.78 is 0. The van der Waals surface area contributed by atoms with Crippen molar-refractivity contribution < 1.29 is 0 Å². The van der Waals surface area contributed by atoms with Crippen LogP contribution in [0, 0.1) is 0 Å². The van der Waals surface area contributed by atoms with Crippen molar-refractivity contribution in [3.8, 4) is 0 Å². The van der Waals surface area contributed by atoms with Crippen LogP contribution in [0.5, 0.6) is 0 Å². The van der Waals surface area contributed by atoms with Crippen LogP contribution in [0.4, 0.5) is 0 Å². The van der Waals surface area contributed by atoms with Crippen molar-refractivity contribution in [2.45, 2.75) is 33.1 Å². The largest absolute Gasteiger partial charge is 0.298 e. The van der Waals surface area contributed by atoms with E-state index in [1.165, 1.54) is 12.8 Å². The van der Waals surface area contributed by atoms with Gasteiger partial charge in [0.05, 0.1) is 6.67 Å². The van der Waals surface area contributed by atoms with E-state index in [1.807, 2.05) is 0 Å². The average Bonchev–Trinajstić information content (AvgIpc) is 2.10. The van der Waals surface area contributed by atoms with Crippen molar-refractivity contribution in [2.75, 3.05) is 19.8 Å². The monoisotopic (exact) mass is 170 g/mol. The van der Waals surface area contributed by atoms with Crippen LogP contribution in [0.15, 0.2) is 5.11 Å². The number of rotatable bonds is 7. The quantitative estimate of drug-likeness (QED) is 0.329. The summed E-state index contributed by atoms with van der Waals surface area (Å²) in [6.07, 6.45) is 3.49. The Morgan fingerprint density at radius 2 is 2.00 bits per heavy atom. The van der Waals surface area contributed by atoms with Gasteiger partial charge in [-0.3, -0.25) is 4.90 Å². The molecule has 0 N–H and O–H groups in total. The van der Waals surface area contributed by atoms with E-state index in [0.29, 0.717) is 6.67 Å². The lowest BCUT2D eigenvalue weighted by molar-refractivity contribution is 0.277. The number of unbranched alkanes of at least 4 members (excludes halogenated alkanes) is 1. The summed E-state index contributed by atoms with van der Waals surface area (Å²) in [6, 6.07) is 0. The smallest absolute Gasteiger partial charge is 0.0774 e. The fourth-order valence-electron chi connectivity index (χ4n) is 1.07. The minimum Gasteiger partial charge on any atom is -0.298 e. The van der Waals surface area contributed by atoms with Crippen LogP contribution in [0.3, 0.4) is 0 Å². The summed E-state index contributed by atoms with van der Waals surface area (Å²) >= 11 is 0. The maximum atomic E-state index is 8.14. The molecule has 12 heavy (non-hydrogen) atoms. The molecular weight excluding hydrogens is 152 g/mol. The highest BCUT2D eigenvalue weighted by Crippen LogP contribution is 1.96. The molecule has 0 aromatic rings. The fourth-order valence-corrected chi connectivity index (χ4v) is 1.07. The van der Waals surface area contributed by atoms with Gasteiger partial charge in [-0.25, -0.2) is 0 Å². The van der Waals surface area contributed by atoms with E-state index in [-0.39, 0.29) is 0 Å². The van der Waals surface area contributed by atoms with Crippen LogP contribution in [0.1, 0.15) is 33.1 Å². The van der Waals surface area contributed by atoms with Gasteiger partial charge in [-0.1, -0.05) is 25.4 Å². The second-order valence-electron chi connectivity index (χ2n) is 2.84. The topological polar surface area (TPSA) is 52.0 Å². The Labute approximate surface area is 74.2 Å². The first-order valence-corrected chi connectivity index (χ1v) is 4.58. The molecule has 0 unspecified atom stereocenters. The van der Waals surface area contributed by atoms with Gasteiger partial charge >= 0.3 is 0 Å². The number of nitrogens with zero attached hydrogens (tertiary/aromatic N) is 4. The minimum atomic E-state index is 0.518. The number of azide groups is 1. The Hall–Kier alpha value is -0.730. The van der Waals surface area contributed by atoms with E-state index in [1.54, 1.807) is 0 Å². The Balaban J connectivity index is 3.60. The van der Waals surface area contributed by atoms with Gasteiger partial charge in [-0.15, -0.1) is 0 Å². The molecule has 4 nitrogen and oxygen atoms in total. The molecule has 0 aliphatic rings. The number of hydrogen-bond donors (Lipinski definition) is 0. The maximum Gasteiger partial charge on any atom is 0.0774 e. The lowest BCUT2D eigenvalue weighted by Crippen LogP contribution is -2.25. The molecule has 0 aliphatic heterocycles. The van der Waals surface area contributed by atoms with Crippen molar-refractivity contribution in [2.24, 2.45) is 5.11 Å². The SMILES string of the molecule is CCCCN(CCC)CN=[N+]=[N-]. The molecule has 0 spiro atoms. The van der Waals surface area contributed by atoms with E-state index >= 15 is 0 Å². The molecular formula is C8H18N4. The van der Waals surface area contributed by atoms with Crippen molar-refractivity contribution >= 4 is 0 Å². The van der Waals surface area contributed by atoms with E-state index in [4.69, 9.17) is 5.53 Å². The molecule has 0 bridgehead atoms. The third kappa shape index (κ3) is 6.01. The molecule has 0 saturated heterocycles. The predicted octanol–water partition coefficient (Wildman–Crippen LogP) is 2.77. The van der Waals surface area contributed by atoms with Gasteiger partial charge in [0.15, 0.2) is 0 Å². The van der Waals surface area contributed by atoms with Crippen molar-refractivity contribution in [3.63, 3.8) is 0 Å². The van der Waals surface area contributed by atoms with Crippen LogP contribution in [0.25, 0.3) is 10.4 Å². The summed E-state index contributed by atoms with van der Waals surface area (Å²) in [5, 5.41) is 3.55. The average molecular weight is 170 g/mol. The minimum absolute atomic E-state index is 0.518. The maximum absolute atomic E-state index is 8.14. The molecule has 0 rings (SSSR count). The second kappa shape index (κ2) is 8.37. The van der Waals surface area contributed by atoms with Gasteiger partial charge in [0.1, 0.15) is 0 Å². The van der Waals surface area contributed by atoms with Crippen molar-refractivity contribution in [1.82, 2.24) is 4.90 Å².